The molecule has 0 bridgehead atoms. The zero-order valence-electron chi connectivity index (χ0n) is 16.3. The Kier molecular flexibility index (Phi) is 6.90. The van der Waals surface area contributed by atoms with E-state index in [-0.39, 0.29) is 0 Å². The van der Waals surface area contributed by atoms with Crippen molar-refractivity contribution in [3.8, 4) is 0 Å². The number of unbranched alkanes of at least 4 members (excludes halogenated alkanes) is 4. The monoisotopic (exact) mass is 348 g/mol. The molecule has 2 aromatic carbocycles. The van der Waals surface area contributed by atoms with Gasteiger partial charge in [-0.1, -0.05) is 80.6 Å². The minimum absolute atomic E-state index is 0.930. The summed E-state index contributed by atoms with van der Waals surface area (Å²) in [5, 5.41) is 5.02. The maximum atomic E-state index is 3.64. The molecule has 0 spiro atoms. The molecule has 3 aromatic rings. The summed E-state index contributed by atoms with van der Waals surface area (Å²) < 4.78 is 2.39. The molecule has 0 amide bonds. The van der Waals surface area contributed by atoms with Gasteiger partial charge in [0.25, 0.3) is 0 Å². The van der Waals surface area contributed by atoms with Crippen LogP contribution in [0.2, 0.25) is 0 Å². The molecule has 0 aliphatic heterocycles. The number of aromatic nitrogens is 1. The molecule has 26 heavy (non-hydrogen) atoms. The number of nitrogens with one attached hydrogen (secondary N) is 1. The van der Waals surface area contributed by atoms with Crippen LogP contribution in [0.1, 0.15) is 55.7 Å². The molecule has 0 radical (unpaired) electrons. The van der Waals surface area contributed by atoms with Crippen LogP contribution in [0.25, 0.3) is 10.9 Å². The molecule has 0 saturated carbocycles. The Bertz CT molecular complexity index is 816. The molecule has 0 unspecified atom stereocenters. The van der Waals surface area contributed by atoms with E-state index in [0.29, 0.717) is 0 Å². The predicted octanol–water partition coefficient (Wildman–Crippen LogP) is 6.06. The number of para-hydroxylation sites is 1. The largest absolute Gasteiger partial charge is 0.343 e. The van der Waals surface area contributed by atoms with Gasteiger partial charge in [-0.25, -0.2) is 0 Å². The van der Waals surface area contributed by atoms with E-state index in [1.54, 1.807) is 0 Å². The molecule has 1 aromatic heterocycles. The highest BCUT2D eigenvalue weighted by Crippen LogP contribution is 2.22. The number of nitrogens with zero attached hydrogens (tertiary/aromatic N) is 1. The summed E-state index contributed by atoms with van der Waals surface area (Å²) in [6.45, 7) is 7.42. The average Bonchev–Trinajstić information content (AvgIpc) is 2.99. The highest BCUT2D eigenvalue weighted by molar-refractivity contribution is 5.84. The third kappa shape index (κ3) is 4.98. The summed E-state index contributed by atoms with van der Waals surface area (Å²) in [5.74, 6) is 0. The van der Waals surface area contributed by atoms with E-state index in [0.717, 1.165) is 19.6 Å². The lowest BCUT2D eigenvalue weighted by atomic mass is 10.1. The summed E-state index contributed by atoms with van der Waals surface area (Å²) >= 11 is 0. The predicted molar refractivity (Wildman–Crippen MR) is 113 cm³/mol. The Hall–Kier alpha value is -2.06. The van der Waals surface area contributed by atoms with Crippen LogP contribution in [0, 0.1) is 6.92 Å². The second kappa shape index (κ2) is 9.59. The number of rotatable bonds is 10. The maximum absolute atomic E-state index is 3.64. The number of hydrogen-bond acceptors (Lipinski definition) is 1. The van der Waals surface area contributed by atoms with Crippen molar-refractivity contribution in [1.29, 1.82) is 0 Å². The molecule has 0 aliphatic rings. The van der Waals surface area contributed by atoms with Crippen LogP contribution >= 0.6 is 0 Å². The van der Waals surface area contributed by atoms with E-state index >= 15 is 0 Å². The van der Waals surface area contributed by atoms with Gasteiger partial charge in [-0.2, -0.15) is 0 Å². The SMILES string of the molecule is CCCCCCCNCc1cn(Cc2cccc(C)c2)c2ccccc12. The summed E-state index contributed by atoms with van der Waals surface area (Å²) in [6.07, 6.45) is 9.00. The van der Waals surface area contributed by atoms with Crippen LogP contribution < -0.4 is 5.32 Å². The van der Waals surface area contributed by atoms with E-state index in [1.807, 2.05) is 0 Å². The second-order valence-corrected chi connectivity index (χ2v) is 7.38. The molecule has 1 heterocycles. The summed E-state index contributed by atoms with van der Waals surface area (Å²) in [6, 6.07) is 17.6. The molecule has 1 N–H and O–H groups in total. The fraction of sp³-hybridized carbons (Fsp3) is 0.417. The van der Waals surface area contributed by atoms with E-state index < -0.39 is 0 Å². The molecule has 3 rings (SSSR count). The third-order valence-corrected chi connectivity index (χ3v) is 5.08. The smallest absolute Gasteiger partial charge is 0.0486 e. The highest BCUT2D eigenvalue weighted by atomic mass is 15.0. The Balaban J connectivity index is 1.65. The van der Waals surface area contributed by atoms with Crippen molar-refractivity contribution in [2.45, 2.75) is 59.0 Å². The Morgan fingerprint density at radius 3 is 2.62 bits per heavy atom. The fourth-order valence-electron chi connectivity index (χ4n) is 3.68. The molecule has 0 aliphatic carbocycles. The molecule has 0 saturated heterocycles. The van der Waals surface area contributed by atoms with Crippen LogP contribution in [-0.2, 0) is 13.1 Å². The van der Waals surface area contributed by atoms with Crippen molar-refractivity contribution < 1.29 is 0 Å². The average molecular weight is 349 g/mol. The molecule has 0 fully saturated rings. The lowest BCUT2D eigenvalue weighted by Crippen LogP contribution is -2.14. The van der Waals surface area contributed by atoms with E-state index in [1.165, 1.54) is 59.7 Å². The summed E-state index contributed by atoms with van der Waals surface area (Å²) in [4.78, 5) is 0. The van der Waals surface area contributed by atoms with Crippen molar-refractivity contribution in [2.75, 3.05) is 6.54 Å². The Labute approximate surface area is 158 Å². The van der Waals surface area contributed by atoms with Crippen LogP contribution in [0.5, 0.6) is 0 Å². The van der Waals surface area contributed by atoms with Gasteiger partial charge >= 0.3 is 0 Å². The maximum Gasteiger partial charge on any atom is 0.0486 e. The minimum atomic E-state index is 0.930. The van der Waals surface area contributed by atoms with Gasteiger partial charge in [-0.05, 0) is 37.1 Å². The molecular weight excluding hydrogens is 316 g/mol. The highest BCUT2D eigenvalue weighted by Gasteiger charge is 2.08. The number of aryl methyl sites for hydroxylation is 1. The van der Waals surface area contributed by atoms with Gasteiger partial charge in [0, 0.05) is 30.2 Å². The minimum Gasteiger partial charge on any atom is -0.343 e. The quantitative estimate of drug-likeness (QED) is 0.441. The van der Waals surface area contributed by atoms with Crippen LogP contribution in [0.15, 0.2) is 54.7 Å². The Morgan fingerprint density at radius 2 is 1.77 bits per heavy atom. The number of hydrogen-bond donors (Lipinski definition) is 1. The normalized spacial score (nSPS) is 11.3. The van der Waals surface area contributed by atoms with Crippen molar-refractivity contribution in [3.63, 3.8) is 0 Å². The summed E-state index contributed by atoms with van der Waals surface area (Å²) in [7, 11) is 0. The van der Waals surface area contributed by atoms with Crippen LogP contribution in [0.3, 0.4) is 0 Å². The lowest BCUT2D eigenvalue weighted by Gasteiger charge is -2.06. The van der Waals surface area contributed by atoms with E-state index in [2.05, 4.69) is 78.5 Å². The van der Waals surface area contributed by atoms with Gasteiger partial charge in [-0.15, -0.1) is 0 Å². The first-order valence-corrected chi connectivity index (χ1v) is 10.1. The first-order chi connectivity index (χ1) is 12.8. The molecular formula is C24H32N2. The Morgan fingerprint density at radius 1 is 0.923 bits per heavy atom. The van der Waals surface area contributed by atoms with Crippen LogP contribution in [-0.4, -0.2) is 11.1 Å². The summed E-state index contributed by atoms with van der Waals surface area (Å²) in [5.41, 5.74) is 5.42. The first kappa shape index (κ1) is 18.7. The number of fused-ring (bicyclic) bond motifs is 1. The molecule has 2 nitrogen and oxygen atoms in total. The van der Waals surface area contributed by atoms with E-state index in [9.17, 15) is 0 Å². The zero-order chi connectivity index (χ0) is 18.2. The topological polar surface area (TPSA) is 17.0 Å². The molecule has 2 heteroatoms. The van der Waals surface area contributed by atoms with Gasteiger partial charge in [0.15, 0.2) is 0 Å². The van der Waals surface area contributed by atoms with Gasteiger partial charge in [-0.3, -0.25) is 0 Å². The van der Waals surface area contributed by atoms with Gasteiger partial charge in [0.1, 0.15) is 0 Å². The van der Waals surface area contributed by atoms with Gasteiger partial charge < -0.3 is 9.88 Å². The first-order valence-electron chi connectivity index (χ1n) is 10.1. The second-order valence-electron chi connectivity index (χ2n) is 7.38. The zero-order valence-corrected chi connectivity index (χ0v) is 16.3. The lowest BCUT2D eigenvalue weighted by molar-refractivity contribution is 0.584. The van der Waals surface area contributed by atoms with Crippen molar-refractivity contribution in [2.24, 2.45) is 0 Å². The van der Waals surface area contributed by atoms with E-state index in [4.69, 9.17) is 0 Å². The third-order valence-electron chi connectivity index (χ3n) is 5.08. The van der Waals surface area contributed by atoms with Crippen molar-refractivity contribution >= 4 is 10.9 Å². The van der Waals surface area contributed by atoms with Crippen LogP contribution in [0.4, 0.5) is 0 Å². The number of benzene rings is 2. The fourth-order valence-corrected chi connectivity index (χ4v) is 3.68. The van der Waals surface area contributed by atoms with Crippen molar-refractivity contribution in [3.05, 3.63) is 71.4 Å². The standard InChI is InChI=1S/C24H32N2/c1-3-4-5-6-9-15-25-17-22-19-26(24-14-8-7-13-23(22)24)18-21-12-10-11-20(2)16-21/h7-8,10-14,16,19,25H,3-6,9,15,17-18H2,1-2H3. The van der Waals surface area contributed by atoms with Gasteiger partial charge in [0.05, 0.1) is 0 Å². The molecule has 0 atom stereocenters. The van der Waals surface area contributed by atoms with Crippen molar-refractivity contribution in [1.82, 2.24) is 9.88 Å². The molecule has 138 valence electrons. The van der Waals surface area contributed by atoms with Gasteiger partial charge in [0.2, 0.25) is 0 Å².